The Morgan fingerprint density at radius 1 is 1.14 bits per heavy atom. The van der Waals surface area contributed by atoms with E-state index in [1.165, 1.54) is 0 Å². The highest BCUT2D eigenvalue weighted by molar-refractivity contribution is 7.92. The second-order valence-electron chi connectivity index (χ2n) is 4.89. The third-order valence-corrected chi connectivity index (χ3v) is 3.73. The highest BCUT2D eigenvalue weighted by Gasteiger charge is 2.05. The molecule has 4 nitrogen and oxygen atoms in total. The first-order valence-electron chi connectivity index (χ1n) is 6.40. The van der Waals surface area contributed by atoms with Gasteiger partial charge in [-0.25, -0.2) is 8.42 Å². The van der Waals surface area contributed by atoms with Crippen LogP contribution in [0.15, 0.2) is 42.5 Å². The first-order valence-corrected chi connectivity index (χ1v) is 8.67. The van der Waals surface area contributed by atoms with Crippen LogP contribution in [0.5, 0.6) is 0 Å². The van der Waals surface area contributed by atoms with Crippen LogP contribution in [0.2, 0.25) is 5.02 Å². The van der Waals surface area contributed by atoms with E-state index in [-0.39, 0.29) is 0 Å². The van der Waals surface area contributed by atoms with Gasteiger partial charge in [0.25, 0.3) is 0 Å². The van der Waals surface area contributed by atoms with Crippen LogP contribution in [-0.4, -0.2) is 14.7 Å². The number of hydrogen-bond donors (Lipinski definition) is 2. The number of benzene rings is 2. The van der Waals surface area contributed by atoms with Gasteiger partial charge in [-0.2, -0.15) is 0 Å². The van der Waals surface area contributed by atoms with Gasteiger partial charge in [0, 0.05) is 17.3 Å². The first-order chi connectivity index (χ1) is 9.83. The van der Waals surface area contributed by atoms with Gasteiger partial charge in [-0.15, -0.1) is 0 Å². The number of halogens is 1. The smallest absolute Gasteiger partial charge is 0.229 e. The normalized spacial score (nSPS) is 11.2. The number of rotatable bonds is 5. The van der Waals surface area contributed by atoms with Crippen LogP contribution in [0.4, 0.5) is 11.4 Å². The molecule has 2 rings (SSSR count). The summed E-state index contributed by atoms with van der Waals surface area (Å²) >= 11 is 5.94. The highest BCUT2D eigenvalue weighted by Crippen LogP contribution is 2.21. The Balaban J connectivity index is 2.07. The van der Waals surface area contributed by atoms with Crippen LogP contribution in [0, 0.1) is 6.92 Å². The fourth-order valence-corrected chi connectivity index (χ4v) is 2.78. The van der Waals surface area contributed by atoms with E-state index >= 15 is 0 Å². The minimum Gasteiger partial charge on any atom is -0.381 e. The minimum absolute atomic E-state index is 0.589. The molecule has 0 spiro atoms. The van der Waals surface area contributed by atoms with Crippen molar-refractivity contribution < 1.29 is 8.42 Å². The van der Waals surface area contributed by atoms with Crippen molar-refractivity contribution in [1.82, 2.24) is 0 Å². The van der Waals surface area contributed by atoms with Gasteiger partial charge in [-0.05, 0) is 48.4 Å². The zero-order chi connectivity index (χ0) is 15.5. The predicted molar refractivity (Wildman–Crippen MR) is 88.4 cm³/mol. The minimum atomic E-state index is -3.26. The molecule has 112 valence electrons. The average Bonchev–Trinajstić information content (AvgIpc) is 2.38. The SMILES string of the molecule is Cc1cc(NCc2cccc(Cl)c2)ccc1NS(C)(=O)=O. The molecule has 0 bridgehead atoms. The summed E-state index contributed by atoms with van der Waals surface area (Å²) in [7, 11) is -3.26. The molecule has 0 aliphatic rings. The van der Waals surface area contributed by atoms with E-state index in [1.807, 2.05) is 43.3 Å². The van der Waals surface area contributed by atoms with E-state index in [9.17, 15) is 8.42 Å². The molecule has 0 amide bonds. The molecule has 0 saturated heterocycles. The Hall–Kier alpha value is -1.72. The summed E-state index contributed by atoms with van der Waals surface area (Å²) < 4.78 is 25.0. The molecule has 0 saturated carbocycles. The summed E-state index contributed by atoms with van der Waals surface area (Å²) in [5.74, 6) is 0. The van der Waals surface area contributed by atoms with E-state index in [1.54, 1.807) is 6.07 Å². The molecule has 2 aromatic rings. The van der Waals surface area contributed by atoms with E-state index in [0.717, 1.165) is 23.1 Å². The zero-order valence-corrected chi connectivity index (χ0v) is 13.4. The van der Waals surface area contributed by atoms with Crippen molar-refractivity contribution in [2.75, 3.05) is 16.3 Å². The maximum atomic E-state index is 11.2. The molecule has 0 aliphatic carbocycles. The number of nitrogens with one attached hydrogen (secondary N) is 2. The average molecular weight is 325 g/mol. The largest absolute Gasteiger partial charge is 0.381 e. The van der Waals surface area contributed by atoms with Crippen LogP contribution in [0.25, 0.3) is 0 Å². The second-order valence-corrected chi connectivity index (χ2v) is 7.07. The molecule has 0 aromatic heterocycles. The lowest BCUT2D eigenvalue weighted by atomic mass is 10.1. The standard InChI is InChI=1S/C15H17ClN2O2S/c1-11-8-14(6-7-15(11)18-21(2,19)20)17-10-12-4-3-5-13(16)9-12/h3-9,17-18H,10H2,1-2H3. The van der Waals surface area contributed by atoms with Crippen LogP contribution < -0.4 is 10.0 Å². The van der Waals surface area contributed by atoms with E-state index in [4.69, 9.17) is 11.6 Å². The Kier molecular flexibility index (Phi) is 4.75. The third-order valence-electron chi connectivity index (χ3n) is 2.91. The summed E-state index contributed by atoms with van der Waals surface area (Å²) in [6.45, 7) is 2.51. The first kappa shape index (κ1) is 15.7. The molecule has 21 heavy (non-hydrogen) atoms. The number of anilines is 2. The molecule has 0 atom stereocenters. The van der Waals surface area contributed by atoms with Gasteiger partial charge >= 0.3 is 0 Å². The fourth-order valence-electron chi connectivity index (χ4n) is 1.94. The molecule has 2 aromatic carbocycles. The molecule has 6 heteroatoms. The van der Waals surface area contributed by atoms with Crippen molar-refractivity contribution in [3.63, 3.8) is 0 Å². The van der Waals surface area contributed by atoms with Crippen LogP contribution in [0.1, 0.15) is 11.1 Å². The molecular formula is C15H17ClN2O2S. The number of hydrogen-bond acceptors (Lipinski definition) is 3. The van der Waals surface area contributed by atoms with Gasteiger partial charge in [-0.3, -0.25) is 4.72 Å². The zero-order valence-electron chi connectivity index (χ0n) is 11.9. The molecule has 2 N–H and O–H groups in total. The van der Waals surface area contributed by atoms with Crippen LogP contribution in [0.3, 0.4) is 0 Å². The van der Waals surface area contributed by atoms with Crippen molar-refractivity contribution >= 4 is 33.0 Å². The lowest BCUT2D eigenvalue weighted by Gasteiger charge is -2.11. The van der Waals surface area contributed by atoms with Gasteiger partial charge < -0.3 is 5.32 Å². The lowest BCUT2D eigenvalue weighted by Crippen LogP contribution is -2.10. The molecule has 0 unspecified atom stereocenters. The highest BCUT2D eigenvalue weighted by atomic mass is 35.5. The van der Waals surface area contributed by atoms with E-state index < -0.39 is 10.0 Å². The summed E-state index contributed by atoms with van der Waals surface area (Å²) in [5, 5.41) is 3.99. The second kappa shape index (κ2) is 6.37. The Bertz CT molecular complexity index is 745. The van der Waals surface area contributed by atoms with Crippen molar-refractivity contribution in [2.24, 2.45) is 0 Å². The van der Waals surface area contributed by atoms with Gasteiger partial charge in [0.1, 0.15) is 0 Å². The Morgan fingerprint density at radius 2 is 1.90 bits per heavy atom. The van der Waals surface area contributed by atoms with E-state index in [0.29, 0.717) is 17.3 Å². The Morgan fingerprint density at radius 3 is 2.52 bits per heavy atom. The monoisotopic (exact) mass is 324 g/mol. The number of sulfonamides is 1. The lowest BCUT2D eigenvalue weighted by molar-refractivity contribution is 0.607. The molecule has 0 aliphatic heterocycles. The van der Waals surface area contributed by atoms with Crippen molar-refractivity contribution in [1.29, 1.82) is 0 Å². The van der Waals surface area contributed by atoms with Gasteiger partial charge in [0.2, 0.25) is 10.0 Å². The van der Waals surface area contributed by atoms with Gasteiger partial charge in [0.15, 0.2) is 0 Å². The summed E-state index contributed by atoms with van der Waals surface area (Å²) in [5.41, 5.74) is 3.45. The van der Waals surface area contributed by atoms with Crippen molar-refractivity contribution in [3.05, 3.63) is 58.6 Å². The molecule has 0 radical (unpaired) electrons. The summed E-state index contributed by atoms with van der Waals surface area (Å²) in [6, 6.07) is 13.1. The van der Waals surface area contributed by atoms with Crippen molar-refractivity contribution in [2.45, 2.75) is 13.5 Å². The Labute approximate surface area is 130 Å². The molecular weight excluding hydrogens is 308 g/mol. The quantitative estimate of drug-likeness (QED) is 0.883. The van der Waals surface area contributed by atoms with Crippen LogP contribution in [-0.2, 0) is 16.6 Å². The topological polar surface area (TPSA) is 58.2 Å². The summed E-state index contributed by atoms with van der Waals surface area (Å²) in [4.78, 5) is 0. The number of aryl methyl sites for hydroxylation is 1. The molecule has 0 fully saturated rings. The van der Waals surface area contributed by atoms with Crippen molar-refractivity contribution in [3.8, 4) is 0 Å². The summed E-state index contributed by atoms with van der Waals surface area (Å²) in [6.07, 6.45) is 1.14. The van der Waals surface area contributed by atoms with Gasteiger partial charge in [-0.1, -0.05) is 23.7 Å². The predicted octanol–water partition coefficient (Wildman–Crippen LogP) is 3.63. The maximum absolute atomic E-state index is 11.2. The fraction of sp³-hybridized carbons (Fsp3) is 0.200. The molecule has 0 heterocycles. The third kappa shape index (κ3) is 4.95. The maximum Gasteiger partial charge on any atom is 0.229 e. The van der Waals surface area contributed by atoms with E-state index in [2.05, 4.69) is 10.0 Å². The van der Waals surface area contributed by atoms with Gasteiger partial charge in [0.05, 0.1) is 11.9 Å². The van der Waals surface area contributed by atoms with Crippen LogP contribution >= 0.6 is 11.6 Å².